The first-order valence-electron chi connectivity index (χ1n) is 7.07. The van der Waals surface area contributed by atoms with Crippen molar-refractivity contribution in [3.05, 3.63) is 21.9 Å². The number of hydrogen-bond acceptors (Lipinski definition) is 4. The summed E-state index contributed by atoms with van der Waals surface area (Å²) in [5.74, 6) is 5.06. The molecule has 4 nitrogen and oxygen atoms in total. The van der Waals surface area contributed by atoms with E-state index >= 15 is 0 Å². The van der Waals surface area contributed by atoms with Gasteiger partial charge in [0.1, 0.15) is 0 Å². The third kappa shape index (κ3) is 3.55. The Morgan fingerprint density at radius 2 is 2.21 bits per heavy atom. The van der Waals surface area contributed by atoms with Crippen LogP contribution in [0.5, 0.6) is 0 Å². The first kappa shape index (κ1) is 14.5. The van der Waals surface area contributed by atoms with Crippen LogP contribution in [0.2, 0.25) is 0 Å². The highest BCUT2D eigenvalue weighted by molar-refractivity contribution is 7.12. The average Bonchev–Trinajstić information content (AvgIpc) is 2.93. The van der Waals surface area contributed by atoms with E-state index in [0.29, 0.717) is 6.04 Å². The first-order chi connectivity index (χ1) is 9.26. The Hall–Kier alpha value is -0.910. The standard InChI is InChI=1S/C14H23N3OS/c1-2-17(12-6-4-3-5-7-12)10-11-8-9-19-13(11)14(18)16-15/h8-9,12H,2-7,10,15H2,1H3,(H,16,18). The molecule has 106 valence electrons. The van der Waals surface area contributed by atoms with Gasteiger partial charge in [0.2, 0.25) is 0 Å². The number of rotatable bonds is 5. The minimum Gasteiger partial charge on any atom is -0.296 e. The zero-order chi connectivity index (χ0) is 13.7. The van der Waals surface area contributed by atoms with E-state index in [9.17, 15) is 4.79 Å². The molecule has 2 rings (SSSR count). The van der Waals surface area contributed by atoms with Gasteiger partial charge in [-0.25, -0.2) is 5.84 Å². The van der Waals surface area contributed by atoms with Crippen LogP contribution in [0.1, 0.15) is 54.3 Å². The smallest absolute Gasteiger partial charge is 0.275 e. The molecule has 1 aromatic heterocycles. The van der Waals surface area contributed by atoms with Crippen LogP contribution in [0.25, 0.3) is 0 Å². The molecule has 1 aliphatic carbocycles. The molecule has 0 aliphatic heterocycles. The van der Waals surface area contributed by atoms with Gasteiger partial charge in [-0.2, -0.15) is 0 Å². The van der Waals surface area contributed by atoms with Gasteiger partial charge in [0.25, 0.3) is 5.91 Å². The SMILES string of the molecule is CCN(Cc1ccsc1C(=O)NN)C1CCCCC1. The molecule has 1 heterocycles. The van der Waals surface area contributed by atoms with E-state index in [1.165, 1.54) is 43.4 Å². The molecule has 1 aliphatic rings. The summed E-state index contributed by atoms with van der Waals surface area (Å²) < 4.78 is 0. The summed E-state index contributed by atoms with van der Waals surface area (Å²) in [6.07, 6.45) is 6.61. The lowest BCUT2D eigenvalue weighted by Crippen LogP contribution is -2.37. The normalized spacial score (nSPS) is 16.8. The summed E-state index contributed by atoms with van der Waals surface area (Å²) in [5.41, 5.74) is 3.33. The molecule has 3 N–H and O–H groups in total. The molecule has 0 unspecified atom stereocenters. The lowest BCUT2D eigenvalue weighted by Gasteiger charge is -2.33. The van der Waals surface area contributed by atoms with Gasteiger partial charge in [-0.15, -0.1) is 11.3 Å². The molecule has 1 amide bonds. The number of amides is 1. The van der Waals surface area contributed by atoms with E-state index in [1.807, 2.05) is 11.4 Å². The van der Waals surface area contributed by atoms with E-state index in [4.69, 9.17) is 5.84 Å². The summed E-state index contributed by atoms with van der Waals surface area (Å²) in [5, 5.41) is 1.97. The van der Waals surface area contributed by atoms with Gasteiger partial charge in [-0.1, -0.05) is 26.2 Å². The van der Waals surface area contributed by atoms with Crippen LogP contribution >= 0.6 is 11.3 Å². The van der Waals surface area contributed by atoms with Crippen LogP contribution in [-0.4, -0.2) is 23.4 Å². The third-order valence-corrected chi connectivity index (χ3v) is 4.91. The van der Waals surface area contributed by atoms with E-state index in [2.05, 4.69) is 17.2 Å². The van der Waals surface area contributed by atoms with Gasteiger partial charge in [0.15, 0.2) is 0 Å². The molecule has 0 atom stereocenters. The average molecular weight is 281 g/mol. The van der Waals surface area contributed by atoms with Crippen molar-refractivity contribution in [2.45, 2.75) is 51.6 Å². The highest BCUT2D eigenvalue weighted by atomic mass is 32.1. The molecular formula is C14H23N3OS. The Morgan fingerprint density at radius 3 is 2.84 bits per heavy atom. The molecule has 1 fully saturated rings. The number of carbonyl (C=O) groups excluding carboxylic acids is 1. The summed E-state index contributed by atoms with van der Waals surface area (Å²) in [6.45, 7) is 4.08. The Bertz CT molecular complexity index is 413. The summed E-state index contributed by atoms with van der Waals surface area (Å²) >= 11 is 1.46. The number of hydrogen-bond donors (Lipinski definition) is 2. The second-order valence-corrected chi connectivity index (χ2v) is 6.02. The monoisotopic (exact) mass is 281 g/mol. The highest BCUT2D eigenvalue weighted by Crippen LogP contribution is 2.26. The molecule has 0 radical (unpaired) electrons. The van der Waals surface area contributed by atoms with Crippen molar-refractivity contribution in [3.63, 3.8) is 0 Å². The number of carbonyl (C=O) groups is 1. The maximum Gasteiger partial charge on any atom is 0.275 e. The number of thiophene rings is 1. The number of hydrazine groups is 1. The van der Waals surface area contributed by atoms with E-state index in [0.717, 1.165) is 23.5 Å². The van der Waals surface area contributed by atoms with Crippen molar-refractivity contribution in [1.82, 2.24) is 10.3 Å². The minimum absolute atomic E-state index is 0.176. The van der Waals surface area contributed by atoms with E-state index in [-0.39, 0.29) is 5.91 Å². The Balaban J connectivity index is 2.05. The topological polar surface area (TPSA) is 58.4 Å². The van der Waals surface area contributed by atoms with Gasteiger partial charge in [0.05, 0.1) is 4.88 Å². The molecule has 0 spiro atoms. The first-order valence-corrected chi connectivity index (χ1v) is 7.95. The lowest BCUT2D eigenvalue weighted by molar-refractivity contribution is 0.0954. The van der Waals surface area contributed by atoms with Gasteiger partial charge < -0.3 is 0 Å². The second-order valence-electron chi connectivity index (χ2n) is 5.10. The number of nitrogen functional groups attached to an aromatic ring is 1. The molecule has 0 bridgehead atoms. The predicted molar refractivity (Wildman–Crippen MR) is 78.9 cm³/mol. The van der Waals surface area contributed by atoms with Crippen molar-refractivity contribution < 1.29 is 4.79 Å². The van der Waals surface area contributed by atoms with Crippen LogP contribution in [0, 0.1) is 0 Å². The Morgan fingerprint density at radius 1 is 1.47 bits per heavy atom. The molecule has 0 aromatic carbocycles. The van der Waals surface area contributed by atoms with Crippen LogP contribution in [-0.2, 0) is 6.54 Å². The van der Waals surface area contributed by atoms with E-state index < -0.39 is 0 Å². The second kappa shape index (κ2) is 7.03. The fraction of sp³-hybridized carbons (Fsp3) is 0.643. The largest absolute Gasteiger partial charge is 0.296 e. The lowest BCUT2D eigenvalue weighted by atomic mass is 9.94. The van der Waals surface area contributed by atoms with Gasteiger partial charge in [-0.3, -0.25) is 15.1 Å². The van der Waals surface area contributed by atoms with Gasteiger partial charge in [0, 0.05) is 12.6 Å². The van der Waals surface area contributed by atoms with Crippen molar-refractivity contribution in [2.75, 3.05) is 6.54 Å². The van der Waals surface area contributed by atoms with Crippen LogP contribution < -0.4 is 11.3 Å². The van der Waals surface area contributed by atoms with E-state index in [1.54, 1.807) is 0 Å². The number of nitrogens with one attached hydrogen (secondary N) is 1. The third-order valence-electron chi connectivity index (χ3n) is 3.95. The van der Waals surface area contributed by atoms with Gasteiger partial charge in [-0.05, 0) is 36.4 Å². The molecule has 19 heavy (non-hydrogen) atoms. The quantitative estimate of drug-likeness (QED) is 0.495. The fourth-order valence-electron chi connectivity index (χ4n) is 2.89. The zero-order valence-corrected chi connectivity index (χ0v) is 12.3. The highest BCUT2D eigenvalue weighted by Gasteiger charge is 2.22. The number of nitrogens with zero attached hydrogens (tertiary/aromatic N) is 1. The summed E-state index contributed by atoms with van der Waals surface area (Å²) in [4.78, 5) is 14.9. The summed E-state index contributed by atoms with van der Waals surface area (Å²) in [6, 6.07) is 2.72. The predicted octanol–water partition coefficient (Wildman–Crippen LogP) is 2.51. The maximum absolute atomic E-state index is 11.7. The fourth-order valence-corrected chi connectivity index (χ4v) is 3.71. The zero-order valence-electron chi connectivity index (χ0n) is 11.5. The van der Waals surface area contributed by atoms with Crippen molar-refractivity contribution in [3.8, 4) is 0 Å². The molecule has 1 saturated carbocycles. The van der Waals surface area contributed by atoms with Crippen molar-refractivity contribution in [2.24, 2.45) is 5.84 Å². The van der Waals surface area contributed by atoms with Crippen molar-refractivity contribution in [1.29, 1.82) is 0 Å². The van der Waals surface area contributed by atoms with Crippen LogP contribution in [0.3, 0.4) is 0 Å². The van der Waals surface area contributed by atoms with Crippen LogP contribution in [0.15, 0.2) is 11.4 Å². The molecule has 5 heteroatoms. The number of nitrogens with two attached hydrogens (primary N) is 1. The van der Waals surface area contributed by atoms with Crippen molar-refractivity contribution >= 4 is 17.2 Å². The van der Waals surface area contributed by atoms with Crippen LogP contribution in [0.4, 0.5) is 0 Å². The maximum atomic E-state index is 11.7. The Kier molecular flexibility index (Phi) is 5.36. The molecule has 1 aromatic rings. The van der Waals surface area contributed by atoms with Gasteiger partial charge >= 0.3 is 0 Å². The Labute approximate surface area is 118 Å². The molecular weight excluding hydrogens is 258 g/mol. The minimum atomic E-state index is -0.176. The molecule has 0 saturated heterocycles. The summed E-state index contributed by atoms with van der Waals surface area (Å²) in [7, 11) is 0.